The number of hydrogen-bond acceptors (Lipinski definition) is 4. The predicted molar refractivity (Wildman–Crippen MR) is 118 cm³/mol. The van der Waals surface area contributed by atoms with Crippen molar-refractivity contribution in [3.63, 3.8) is 0 Å². The number of ether oxygens (including phenoxy) is 2. The first kappa shape index (κ1) is 20.1. The molecular formula is C24H23ClN2O3. The molecule has 0 bridgehead atoms. The number of halogens is 1. The fourth-order valence-corrected chi connectivity index (χ4v) is 3.32. The molecule has 0 atom stereocenters. The molecule has 0 N–H and O–H groups in total. The van der Waals surface area contributed by atoms with Gasteiger partial charge in [-0.05, 0) is 36.8 Å². The molecule has 0 radical (unpaired) electrons. The standard InChI is InChI=1S/C24H23ClN2O3/c1-2-13-30-24-17-21(18-7-4-3-5-8-18)26-27(24)12-15-29-23-11-10-19(16-20(23)25)22-9-6-14-28-22/h3-11,14,16-17H,2,12-13,15H2,1H3. The van der Waals surface area contributed by atoms with E-state index >= 15 is 0 Å². The van der Waals surface area contributed by atoms with Crippen molar-refractivity contribution in [2.45, 2.75) is 19.9 Å². The van der Waals surface area contributed by atoms with Crippen LogP contribution < -0.4 is 9.47 Å². The summed E-state index contributed by atoms with van der Waals surface area (Å²) >= 11 is 6.40. The van der Waals surface area contributed by atoms with E-state index in [1.54, 1.807) is 6.26 Å². The van der Waals surface area contributed by atoms with Crippen molar-refractivity contribution in [2.75, 3.05) is 13.2 Å². The molecule has 0 amide bonds. The molecule has 2 heterocycles. The van der Waals surface area contributed by atoms with Gasteiger partial charge in [0.1, 0.15) is 18.1 Å². The lowest BCUT2D eigenvalue weighted by Crippen LogP contribution is -2.12. The van der Waals surface area contributed by atoms with Crippen LogP contribution in [0.2, 0.25) is 5.02 Å². The number of hydrogen-bond donors (Lipinski definition) is 0. The molecule has 4 aromatic rings. The minimum Gasteiger partial charge on any atom is -0.490 e. The third-order valence-electron chi connectivity index (χ3n) is 4.56. The molecule has 2 aromatic heterocycles. The molecule has 30 heavy (non-hydrogen) atoms. The van der Waals surface area contributed by atoms with Crippen molar-refractivity contribution in [2.24, 2.45) is 0 Å². The van der Waals surface area contributed by atoms with E-state index in [0.29, 0.717) is 30.5 Å². The molecular weight excluding hydrogens is 400 g/mol. The topological polar surface area (TPSA) is 49.4 Å². The summed E-state index contributed by atoms with van der Waals surface area (Å²) in [7, 11) is 0. The van der Waals surface area contributed by atoms with Crippen molar-refractivity contribution < 1.29 is 13.9 Å². The van der Waals surface area contributed by atoms with E-state index < -0.39 is 0 Å². The van der Waals surface area contributed by atoms with Gasteiger partial charge in [-0.2, -0.15) is 5.10 Å². The summed E-state index contributed by atoms with van der Waals surface area (Å²) in [6.07, 6.45) is 2.57. The lowest BCUT2D eigenvalue weighted by Gasteiger charge is -2.11. The summed E-state index contributed by atoms with van der Waals surface area (Å²) in [6.45, 7) is 3.68. The van der Waals surface area contributed by atoms with Gasteiger partial charge in [-0.15, -0.1) is 0 Å². The van der Waals surface area contributed by atoms with Crippen LogP contribution in [0.4, 0.5) is 0 Å². The molecule has 0 unspecified atom stereocenters. The van der Waals surface area contributed by atoms with E-state index in [1.165, 1.54) is 0 Å². The maximum Gasteiger partial charge on any atom is 0.212 e. The van der Waals surface area contributed by atoms with Crippen molar-refractivity contribution in [3.8, 4) is 34.2 Å². The fraction of sp³-hybridized carbons (Fsp3) is 0.208. The highest BCUT2D eigenvalue weighted by atomic mass is 35.5. The number of furan rings is 1. The van der Waals surface area contributed by atoms with Gasteiger partial charge in [0.05, 0.1) is 30.1 Å². The van der Waals surface area contributed by atoms with Gasteiger partial charge >= 0.3 is 0 Å². The average Bonchev–Trinajstić information content (AvgIpc) is 3.44. The molecule has 2 aromatic carbocycles. The van der Waals surface area contributed by atoms with Crippen LogP contribution in [0.3, 0.4) is 0 Å². The molecule has 0 aliphatic heterocycles. The Kier molecular flexibility index (Phi) is 6.40. The Morgan fingerprint density at radius 2 is 1.80 bits per heavy atom. The second kappa shape index (κ2) is 9.55. The van der Waals surface area contributed by atoms with Crippen LogP contribution in [-0.4, -0.2) is 23.0 Å². The third kappa shape index (κ3) is 4.69. The molecule has 0 saturated carbocycles. The smallest absolute Gasteiger partial charge is 0.212 e. The van der Waals surface area contributed by atoms with Gasteiger partial charge in [-0.1, -0.05) is 48.9 Å². The van der Waals surface area contributed by atoms with E-state index in [0.717, 1.165) is 34.9 Å². The largest absolute Gasteiger partial charge is 0.490 e. The SMILES string of the molecule is CCCOc1cc(-c2ccccc2)nn1CCOc1ccc(-c2ccco2)cc1Cl. The Labute approximate surface area is 180 Å². The highest BCUT2D eigenvalue weighted by molar-refractivity contribution is 6.32. The van der Waals surface area contributed by atoms with Gasteiger partial charge < -0.3 is 13.9 Å². The summed E-state index contributed by atoms with van der Waals surface area (Å²) in [4.78, 5) is 0. The van der Waals surface area contributed by atoms with Gasteiger partial charge in [0, 0.05) is 17.2 Å². The number of nitrogens with zero attached hydrogens (tertiary/aromatic N) is 2. The normalized spacial score (nSPS) is 10.9. The predicted octanol–water partition coefficient (Wildman–Crippen LogP) is 6.33. The summed E-state index contributed by atoms with van der Waals surface area (Å²) in [5, 5.41) is 5.24. The Balaban J connectivity index is 1.44. The average molecular weight is 423 g/mol. The van der Waals surface area contributed by atoms with Crippen molar-refractivity contribution in [1.29, 1.82) is 0 Å². The molecule has 0 fully saturated rings. The van der Waals surface area contributed by atoms with Crippen LogP contribution in [0.25, 0.3) is 22.6 Å². The van der Waals surface area contributed by atoms with Crippen LogP contribution in [-0.2, 0) is 6.54 Å². The van der Waals surface area contributed by atoms with Crippen LogP contribution >= 0.6 is 11.6 Å². The molecule has 0 aliphatic rings. The van der Waals surface area contributed by atoms with Crippen LogP contribution in [0.15, 0.2) is 77.4 Å². The minimum absolute atomic E-state index is 0.415. The first-order valence-electron chi connectivity index (χ1n) is 9.97. The van der Waals surface area contributed by atoms with Crippen LogP contribution in [0.5, 0.6) is 11.6 Å². The summed E-state index contributed by atoms with van der Waals surface area (Å²) in [5.41, 5.74) is 2.84. The van der Waals surface area contributed by atoms with E-state index in [4.69, 9.17) is 30.6 Å². The highest BCUT2D eigenvalue weighted by Gasteiger charge is 2.12. The highest BCUT2D eigenvalue weighted by Crippen LogP contribution is 2.31. The molecule has 154 valence electrons. The van der Waals surface area contributed by atoms with E-state index in [1.807, 2.05) is 71.4 Å². The van der Waals surface area contributed by atoms with Crippen LogP contribution in [0.1, 0.15) is 13.3 Å². The van der Waals surface area contributed by atoms with E-state index in [2.05, 4.69) is 6.92 Å². The van der Waals surface area contributed by atoms with Gasteiger partial charge in [0.2, 0.25) is 5.88 Å². The zero-order valence-corrected chi connectivity index (χ0v) is 17.5. The third-order valence-corrected chi connectivity index (χ3v) is 4.86. The molecule has 4 rings (SSSR count). The quantitative estimate of drug-likeness (QED) is 0.316. The zero-order chi connectivity index (χ0) is 20.8. The minimum atomic E-state index is 0.415. The Bertz CT molecular complexity index is 1080. The second-order valence-electron chi connectivity index (χ2n) is 6.78. The lowest BCUT2D eigenvalue weighted by atomic mass is 10.2. The van der Waals surface area contributed by atoms with E-state index in [-0.39, 0.29) is 0 Å². The first-order chi connectivity index (χ1) is 14.7. The Morgan fingerprint density at radius 1 is 0.933 bits per heavy atom. The maximum absolute atomic E-state index is 6.40. The monoisotopic (exact) mass is 422 g/mol. The van der Waals surface area contributed by atoms with Crippen LogP contribution in [0, 0.1) is 0 Å². The lowest BCUT2D eigenvalue weighted by molar-refractivity contribution is 0.252. The Morgan fingerprint density at radius 3 is 2.53 bits per heavy atom. The summed E-state index contributed by atoms with van der Waals surface area (Å²) in [6, 6.07) is 21.4. The van der Waals surface area contributed by atoms with Gasteiger partial charge in [0.25, 0.3) is 0 Å². The molecule has 0 spiro atoms. The Hall–Kier alpha value is -3.18. The molecule has 0 aliphatic carbocycles. The number of aromatic nitrogens is 2. The van der Waals surface area contributed by atoms with Crippen molar-refractivity contribution in [3.05, 3.63) is 78.0 Å². The zero-order valence-electron chi connectivity index (χ0n) is 16.8. The summed E-state index contributed by atoms with van der Waals surface area (Å²) < 4.78 is 19.0. The van der Waals surface area contributed by atoms with E-state index in [9.17, 15) is 0 Å². The fourth-order valence-electron chi connectivity index (χ4n) is 3.09. The molecule has 0 saturated heterocycles. The number of rotatable bonds is 9. The van der Waals surface area contributed by atoms with Gasteiger partial charge in [0.15, 0.2) is 0 Å². The second-order valence-corrected chi connectivity index (χ2v) is 7.18. The van der Waals surface area contributed by atoms with Crippen molar-refractivity contribution >= 4 is 11.6 Å². The summed E-state index contributed by atoms with van der Waals surface area (Å²) in [5.74, 6) is 2.13. The molecule has 6 heteroatoms. The molecule has 5 nitrogen and oxygen atoms in total. The maximum atomic E-state index is 6.40. The first-order valence-corrected chi connectivity index (χ1v) is 10.3. The van der Waals surface area contributed by atoms with Gasteiger partial charge in [-0.3, -0.25) is 0 Å². The number of benzene rings is 2. The van der Waals surface area contributed by atoms with Crippen molar-refractivity contribution in [1.82, 2.24) is 9.78 Å². The van der Waals surface area contributed by atoms with Gasteiger partial charge in [-0.25, -0.2) is 4.68 Å².